The van der Waals surface area contributed by atoms with Crippen molar-refractivity contribution in [2.45, 2.75) is 50.0 Å². The van der Waals surface area contributed by atoms with Crippen molar-refractivity contribution < 1.29 is 18.0 Å². The van der Waals surface area contributed by atoms with Gasteiger partial charge >= 0.3 is 0 Å². The topological polar surface area (TPSA) is 86.8 Å². The third-order valence-corrected chi connectivity index (χ3v) is 8.55. The Balaban J connectivity index is 1.25. The molecule has 0 aliphatic carbocycles. The van der Waals surface area contributed by atoms with Gasteiger partial charge in [0.1, 0.15) is 0 Å². The molecule has 0 bridgehead atoms. The van der Waals surface area contributed by atoms with E-state index in [9.17, 15) is 18.0 Å². The van der Waals surface area contributed by atoms with Crippen molar-refractivity contribution in [1.29, 1.82) is 0 Å². The number of carbonyl (C=O) groups excluding carboxylic acids is 2. The number of hydrogen-bond acceptors (Lipinski definition) is 4. The largest absolute Gasteiger partial charge is 0.355 e. The number of rotatable bonds is 8. The van der Waals surface area contributed by atoms with Crippen LogP contribution in [0.4, 0.5) is 0 Å². The first-order valence-electron chi connectivity index (χ1n) is 12.1. The van der Waals surface area contributed by atoms with Crippen LogP contribution in [0.3, 0.4) is 0 Å². The standard InChI is InChI=1S/C26H33N3O4S/c30-25-18-23(20-28(25)19-22-8-4-3-5-9-22)26(31)27-15-14-21-10-12-24(13-11-21)34(32,33)29-16-6-1-2-7-17-29/h3-5,8-13,23H,1-2,6-7,14-20H2,(H,27,31). The number of benzene rings is 2. The number of amides is 2. The SMILES string of the molecule is O=C(NCCc1ccc(S(=O)(=O)N2CCCCCC2)cc1)C1CC(=O)N(Cc2ccccc2)C1. The van der Waals surface area contributed by atoms with Gasteiger partial charge in [0.05, 0.1) is 10.8 Å². The van der Waals surface area contributed by atoms with Crippen molar-refractivity contribution in [3.05, 3.63) is 65.7 Å². The van der Waals surface area contributed by atoms with E-state index in [1.165, 1.54) is 0 Å². The molecule has 2 saturated heterocycles. The van der Waals surface area contributed by atoms with Gasteiger partial charge in [0.25, 0.3) is 0 Å². The molecule has 0 spiro atoms. The van der Waals surface area contributed by atoms with Gasteiger partial charge in [-0.3, -0.25) is 9.59 Å². The molecule has 2 heterocycles. The average molecular weight is 484 g/mol. The highest BCUT2D eigenvalue weighted by Gasteiger charge is 2.34. The van der Waals surface area contributed by atoms with E-state index in [2.05, 4.69) is 5.32 Å². The van der Waals surface area contributed by atoms with Crippen molar-refractivity contribution in [1.82, 2.24) is 14.5 Å². The van der Waals surface area contributed by atoms with Crippen LogP contribution in [-0.4, -0.2) is 55.6 Å². The summed E-state index contributed by atoms with van der Waals surface area (Å²) < 4.78 is 27.4. The van der Waals surface area contributed by atoms with E-state index in [4.69, 9.17) is 0 Å². The molecule has 182 valence electrons. The van der Waals surface area contributed by atoms with Crippen molar-refractivity contribution in [3.8, 4) is 0 Å². The van der Waals surface area contributed by atoms with E-state index in [0.717, 1.165) is 36.8 Å². The summed E-state index contributed by atoms with van der Waals surface area (Å²) in [6.07, 6.45) is 4.82. The van der Waals surface area contributed by atoms with Crippen LogP contribution in [0.5, 0.6) is 0 Å². The van der Waals surface area contributed by atoms with Crippen molar-refractivity contribution in [3.63, 3.8) is 0 Å². The fraction of sp³-hybridized carbons (Fsp3) is 0.462. The molecule has 2 aromatic rings. The summed E-state index contributed by atoms with van der Waals surface area (Å²) >= 11 is 0. The summed E-state index contributed by atoms with van der Waals surface area (Å²) in [7, 11) is -3.45. The van der Waals surface area contributed by atoms with Crippen LogP contribution < -0.4 is 5.32 Å². The van der Waals surface area contributed by atoms with Gasteiger partial charge in [0, 0.05) is 39.1 Å². The highest BCUT2D eigenvalue weighted by molar-refractivity contribution is 7.89. The second-order valence-corrected chi connectivity index (χ2v) is 11.1. The van der Waals surface area contributed by atoms with Crippen molar-refractivity contribution in [2.75, 3.05) is 26.2 Å². The van der Waals surface area contributed by atoms with Crippen LogP contribution in [0.15, 0.2) is 59.5 Å². The Kier molecular flexibility index (Phi) is 8.00. The number of nitrogens with one attached hydrogen (secondary N) is 1. The molecule has 7 nitrogen and oxygen atoms in total. The lowest BCUT2D eigenvalue weighted by Crippen LogP contribution is -2.34. The zero-order valence-electron chi connectivity index (χ0n) is 19.5. The summed E-state index contributed by atoms with van der Waals surface area (Å²) in [4.78, 5) is 27.0. The molecule has 0 saturated carbocycles. The summed E-state index contributed by atoms with van der Waals surface area (Å²) in [6, 6.07) is 16.7. The first-order valence-corrected chi connectivity index (χ1v) is 13.6. The number of nitrogens with zero attached hydrogens (tertiary/aromatic N) is 2. The number of hydrogen-bond donors (Lipinski definition) is 1. The van der Waals surface area contributed by atoms with E-state index < -0.39 is 10.0 Å². The summed E-state index contributed by atoms with van der Waals surface area (Å²) in [5.41, 5.74) is 2.02. The van der Waals surface area contributed by atoms with Gasteiger partial charge in [-0.15, -0.1) is 0 Å². The van der Waals surface area contributed by atoms with Gasteiger partial charge in [-0.25, -0.2) is 8.42 Å². The summed E-state index contributed by atoms with van der Waals surface area (Å²) in [5.74, 6) is -0.438. The summed E-state index contributed by atoms with van der Waals surface area (Å²) in [6.45, 7) is 2.57. The highest BCUT2D eigenvalue weighted by Crippen LogP contribution is 2.22. The molecule has 1 unspecified atom stereocenters. The summed E-state index contributed by atoms with van der Waals surface area (Å²) in [5, 5.41) is 2.94. The number of carbonyl (C=O) groups is 2. The molecule has 2 aliphatic rings. The number of sulfonamides is 1. The predicted molar refractivity (Wildman–Crippen MR) is 130 cm³/mol. The molecule has 2 fully saturated rings. The Labute approximate surface area is 202 Å². The van der Waals surface area contributed by atoms with Gasteiger partial charge in [0.2, 0.25) is 21.8 Å². The van der Waals surface area contributed by atoms with E-state index >= 15 is 0 Å². The van der Waals surface area contributed by atoms with E-state index in [-0.39, 0.29) is 24.2 Å². The second kappa shape index (κ2) is 11.1. The van der Waals surface area contributed by atoms with E-state index in [1.807, 2.05) is 42.5 Å². The molecule has 4 rings (SSSR count). The highest BCUT2D eigenvalue weighted by atomic mass is 32.2. The minimum atomic E-state index is -3.45. The number of likely N-dealkylation sites (tertiary alicyclic amines) is 1. The minimum Gasteiger partial charge on any atom is -0.355 e. The van der Waals surface area contributed by atoms with E-state index in [0.29, 0.717) is 44.0 Å². The monoisotopic (exact) mass is 483 g/mol. The Hall–Kier alpha value is -2.71. The molecular weight excluding hydrogens is 450 g/mol. The van der Waals surface area contributed by atoms with Crippen molar-refractivity contribution >= 4 is 21.8 Å². The van der Waals surface area contributed by atoms with Crippen LogP contribution in [0.25, 0.3) is 0 Å². The lowest BCUT2D eigenvalue weighted by molar-refractivity contribution is -0.129. The van der Waals surface area contributed by atoms with Gasteiger partial charge < -0.3 is 10.2 Å². The Bertz CT molecular complexity index is 1080. The van der Waals surface area contributed by atoms with Crippen LogP contribution in [0.2, 0.25) is 0 Å². The third-order valence-electron chi connectivity index (χ3n) is 6.64. The smallest absolute Gasteiger partial charge is 0.243 e. The molecule has 34 heavy (non-hydrogen) atoms. The normalized spacial score (nSPS) is 19.7. The van der Waals surface area contributed by atoms with Crippen LogP contribution in [-0.2, 0) is 32.6 Å². The maximum atomic E-state index is 12.9. The lowest BCUT2D eigenvalue weighted by atomic mass is 10.1. The van der Waals surface area contributed by atoms with Gasteiger partial charge in [-0.05, 0) is 42.5 Å². The lowest BCUT2D eigenvalue weighted by Gasteiger charge is -2.20. The quantitative estimate of drug-likeness (QED) is 0.626. The first kappa shape index (κ1) is 24.4. The van der Waals surface area contributed by atoms with Gasteiger partial charge in [0.15, 0.2) is 0 Å². The maximum absolute atomic E-state index is 12.9. The van der Waals surface area contributed by atoms with E-state index in [1.54, 1.807) is 21.3 Å². The van der Waals surface area contributed by atoms with Crippen molar-refractivity contribution in [2.24, 2.45) is 5.92 Å². The van der Waals surface area contributed by atoms with Crippen LogP contribution in [0.1, 0.15) is 43.2 Å². The third kappa shape index (κ3) is 6.04. The zero-order valence-corrected chi connectivity index (χ0v) is 20.3. The fourth-order valence-electron chi connectivity index (χ4n) is 4.64. The second-order valence-electron chi connectivity index (χ2n) is 9.16. The Morgan fingerprint density at radius 1 is 0.912 bits per heavy atom. The zero-order chi connectivity index (χ0) is 24.0. The molecular formula is C26H33N3O4S. The molecule has 1 N–H and O–H groups in total. The van der Waals surface area contributed by atoms with Gasteiger partial charge in [-0.1, -0.05) is 55.3 Å². The predicted octanol–water partition coefficient (Wildman–Crippen LogP) is 2.96. The molecule has 2 aromatic carbocycles. The van der Waals surface area contributed by atoms with Crippen LogP contribution in [0, 0.1) is 5.92 Å². The molecule has 2 aliphatic heterocycles. The van der Waals surface area contributed by atoms with Gasteiger partial charge in [-0.2, -0.15) is 4.31 Å². The molecule has 8 heteroatoms. The molecule has 1 atom stereocenters. The van der Waals surface area contributed by atoms with Crippen LogP contribution >= 0.6 is 0 Å². The minimum absolute atomic E-state index is 0.00482. The fourth-order valence-corrected chi connectivity index (χ4v) is 6.16. The Morgan fingerprint density at radius 2 is 1.59 bits per heavy atom. The average Bonchev–Trinajstić information content (AvgIpc) is 3.03. The molecule has 0 radical (unpaired) electrons. The maximum Gasteiger partial charge on any atom is 0.243 e. The first-order chi connectivity index (χ1) is 16.4. The Morgan fingerprint density at radius 3 is 2.26 bits per heavy atom. The molecule has 0 aromatic heterocycles. The molecule has 2 amide bonds.